The van der Waals surface area contributed by atoms with Crippen molar-refractivity contribution < 1.29 is 0 Å². The van der Waals surface area contributed by atoms with Crippen LogP contribution in [0.5, 0.6) is 0 Å². The number of aliphatic imine (C=N–C) groups is 1. The summed E-state index contributed by atoms with van der Waals surface area (Å²) in [4.78, 5) is 6.36. The molecule has 0 aromatic rings. The molecule has 0 aliphatic carbocycles. The predicted octanol–water partition coefficient (Wildman–Crippen LogP) is 1.39. The molecule has 0 spiro atoms. The first-order valence-electron chi connectivity index (χ1n) is 4.42. The molecule has 0 amide bonds. The summed E-state index contributed by atoms with van der Waals surface area (Å²) in [6.45, 7) is 7.08. The minimum absolute atomic E-state index is 0.0856. The van der Waals surface area contributed by atoms with Gasteiger partial charge in [0.05, 0.1) is 5.54 Å². The van der Waals surface area contributed by atoms with E-state index in [4.69, 9.17) is 5.73 Å². The van der Waals surface area contributed by atoms with Crippen molar-refractivity contribution in [2.24, 2.45) is 10.7 Å². The topological polar surface area (TPSA) is 41.6 Å². The van der Waals surface area contributed by atoms with E-state index in [1.54, 1.807) is 0 Å². The Hall–Kier alpha value is -0.380. The summed E-state index contributed by atoms with van der Waals surface area (Å²) < 4.78 is 0. The van der Waals surface area contributed by atoms with Crippen molar-refractivity contribution in [1.29, 1.82) is 0 Å². The van der Waals surface area contributed by atoms with Gasteiger partial charge in [-0.25, -0.2) is 4.99 Å². The Morgan fingerprint density at radius 1 is 1.46 bits per heavy atom. The van der Waals surface area contributed by atoms with Crippen LogP contribution in [0.15, 0.2) is 4.99 Å². The standard InChI is InChI=1S/C9H21N3S/c1-9(2,3)11-8(10)12(4)6-7-13-5/h6-7H2,1-5H3,(H2,10,11). The number of hydrogen-bond acceptors (Lipinski definition) is 2. The van der Waals surface area contributed by atoms with Crippen LogP contribution in [0, 0.1) is 0 Å². The molecule has 0 aromatic carbocycles. The zero-order valence-corrected chi connectivity index (χ0v) is 10.1. The number of nitrogens with two attached hydrogens (primary N) is 1. The van der Waals surface area contributed by atoms with Crippen molar-refractivity contribution in [2.75, 3.05) is 25.6 Å². The second-order valence-electron chi connectivity index (χ2n) is 4.06. The third-order valence-corrected chi connectivity index (χ3v) is 2.06. The second kappa shape index (κ2) is 5.37. The summed E-state index contributed by atoms with van der Waals surface area (Å²) in [5, 5.41) is 0. The minimum atomic E-state index is -0.0856. The van der Waals surface area contributed by atoms with E-state index in [2.05, 4.69) is 11.2 Å². The van der Waals surface area contributed by atoms with Crippen LogP contribution in [-0.4, -0.2) is 42.0 Å². The van der Waals surface area contributed by atoms with Gasteiger partial charge in [-0.05, 0) is 27.0 Å². The van der Waals surface area contributed by atoms with Crippen LogP contribution in [0.3, 0.4) is 0 Å². The van der Waals surface area contributed by atoms with Gasteiger partial charge in [0.15, 0.2) is 5.96 Å². The molecule has 0 fully saturated rings. The van der Waals surface area contributed by atoms with Crippen LogP contribution in [0.1, 0.15) is 20.8 Å². The van der Waals surface area contributed by atoms with Crippen molar-refractivity contribution in [1.82, 2.24) is 4.90 Å². The molecule has 2 N–H and O–H groups in total. The van der Waals surface area contributed by atoms with Gasteiger partial charge in [0.2, 0.25) is 0 Å². The van der Waals surface area contributed by atoms with Gasteiger partial charge in [-0.1, -0.05) is 0 Å². The fraction of sp³-hybridized carbons (Fsp3) is 0.889. The first-order chi connectivity index (χ1) is 5.87. The fourth-order valence-corrected chi connectivity index (χ4v) is 1.23. The van der Waals surface area contributed by atoms with Gasteiger partial charge in [0, 0.05) is 19.3 Å². The summed E-state index contributed by atoms with van der Waals surface area (Å²) in [7, 11) is 1.97. The third-order valence-electron chi connectivity index (χ3n) is 1.47. The summed E-state index contributed by atoms with van der Waals surface area (Å²) in [5.41, 5.74) is 5.73. The van der Waals surface area contributed by atoms with E-state index in [0.717, 1.165) is 12.3 Å². The summed E-state index contributed by atoms with van der Waals surface area (Å²) in [6, 6.07) is 0. The van der Waals surface area contributed by atoms with E-state index in [9.17, 15) is 0 Å². The van der Waals surface area contributed by atoms with Crippen molar-refractivity contribution in [3.8, 4) is 0 Å². The Balaban J connectivity index is 4.08. The number of guanidine groups is 1. The SMILES string of the molecule is CSCCN(C)C(N)=NC(C)(C)C. The maximum atomic E-state index is 5.81. The Morgan fingerprint density at radius 2 is 2.00 bits per heavy atom. The molecule has 0 atom stereocenters. The summed E-state index contributed by atoms with van der Waals surface area (Å²) in [5.74, 6) is 1.71. The Labute approximate surface area is 85.8 Å². The Kier molecular flexibility index (Phi) is 5.21. The maximum absolute atomic E-state index is 5.81. The van der Waals surface area contributed by atoms with Gasteiger partial charge in [-0.3, -0.25) is 0 Å². The molecular formula is C9H21N3S. The molecule has 0 saturated carbocycles. The van der Waals surface area contributed by atoms with Crippen LogP contribution in [0.2, 0.25) is 0 Å². The third kappa shape index (κ3) is 6.75. The molecule has 0 unspecified atom stereocenters. The maximum Gasteiger partial charge on any atom is 0.191 e. The number of hydrogen-bond donors (Lipinski definition) is 1. The molecule has 0 radical (unpaired) electrons. The lowest BCUT2D eigenvalue weighted by molar-refractivity contribution is 0.503. The first kappa shape index (κ1) is 12.6. The highest BCUT2D eigenvalue weighted by Crippen LogP contribution is 2.06. The summed E-state index contributed by atoms with van der Waals surface area (Å²) in [6.07, 6.45) is 2.09. The minimum Gasteiger partial charge on any atom is -0.370 e. The molecular weight excluding hydrogens is 182 g/mol. The monoisotopic (exact) mass is 203 g/mol. The van der Waals surface area contributed by atoms with Crippen molar-refractivity contribution in [3.63, 3.8) is 0 Å². The van der Waals surface area contributed by atoms with Crippen LogP contribution in [0.4, 0.5) is 0 Å². The molecule has 78 valence electrons. The lowest BCUT2D eigenvalue weighted by atomic mass is 10.1. The quantitative estimate of drug-likeness (QED) is 0.557. The average molecular weight is 203 g/mol. The second-order valence-corrected chi connectivity index (χ2v) is 5.04. The van der Waals surface area contributed by atoms with E-state index in [1.165, 1.54) is 0 Å². The van der Waals surface area contributed by atoms with Crippen LogP contribution in [-0.2, 0) is 0 Å². The van der Waals surface area contributed by atoms with E-state index >= 15 is 0 Å². The van der Waals surface area contributed by atoms with Gasteiger partial charge in [-0.2, -0.15) is 11.8 Å². The molecule has 0 saturated heterocycles. The average Bonchev–Trinajstić information content (AvgIpc) is 1.96. The van der Waals surface area contributed by atoms with Crippen molar-refractivity contribution >= 4 is 17.7 Å². The molecule has 0 bridgehead atoms. The molecule has 0 aliphatic rings. The highest BCUT2D eigenvalue weighted by Gasteiger charge is 2.10. The molecule has 13 heavy (non-hydrogen) atoms. The molecule has 3 nitrogen and oxygen atoms in total. The Morgan fingerprint density at radius 3 is 2.38 bits per heavy atom. The van der Waals surface area contributed by atoms with Crippen LogP contribution >= 0.6 is 11.8 Å². The van der Waals surface area contributed by atoms with Crippen LogP contribution < -0.4 is 5.73 Å². The smallest absolute Gasteiger partial charge is 0.191 e. The van der Waals surface area contributed by atoms with E-state index in [1.807, 2.05) is 44.5 Å². The van der Waals surface area contributed by atoms with Gasteiger partial charge in [-0.15, -0.1) is 0 Å². The fourth-order valence-electron chi connectivity index (χ4n) is 0.772. The number of thioether (sulfide) groups is 1. The van der Waals surface area contributed by atoms with E-state index in [0.29, 0.717) is 5.96 Å². The molecule has 0 rings (SSSR count). The zero-order chi connectivity index (χ0) is 10.5. The molecule has 0 aliphatic heterocycles. The largest absolute Gasteiger partial charge is 0.370 e. The molecule has 0 heterocycles. The first-order valence-corrected chi connectivity index (χ1v) is 5.81. The zero-order valence-electron chi connectivity index (χ0n) is 9.29. The normalized spacial score (nSPS) is 13.2. The lowest BCUT2D eigenvalue weighted by Crippen LogP contribution is -2.37. The molecule has 0 aromatic heterocycles. The highest BCUT2D eigenvalue weighted by atomic mass is 32.2. The van der Waals surface area contributed by atoms with Gasteiger partial charge in [0.1, 0.15) is 0 Å². The van der Waals surface area contributed by atoms with Gasteiger partial charge < -0.3 is 10.6 Å². The number of rotatable bonds is 3. The number of nitrogens with zero attached hydrogens (tertiary/aromatic N) is 2. The summed E-state index contributed by atoms with van der Waals surface area (Å²) >= 11 is 1.81. The van der Waals surface area contributed by atoms with Gasteiger partial charge >= 0.3 is 0 Å². The predicted molar refractivity (Wildman–Crippen MR) is 62.4 cm³/mol. The highest BCUT2D eigenvalue weighted by molar-refractivity contribution is 7.98. The lowest BCUT2D eigenvalue weighted by Gasteiger charge is -2.21. The Bertz CT molecular complexity index is 172. The van der Waals surface area contributed by atoms with Crippen molar-refractivity contribution in [2.45, 2.75) is 26.3 Å². The van der Waals surface area contributed by atoms with E-state index in [-0.39, 0.29) is 5.54 Å². The van der Waals surface area contributed by atoms with Crippen LogP contribution in [0.25, 0.3) is 0 Å². The van der Waals surface area contributed by atoms with Gasteiger partial charge in [0.25, 0.3) is 0 Å². The van der Waals surface area contributed by atoms with E-state index < -0.39 is 0 Å². The van der Waals surface area contributed by atoms with Crippen molar-refractivity contribution in [3.05, 3.63) is 0 Å². The molecule has 4 heteroatoms.